The molecule has 1 nitrogen and oxygen atoms in total. The van der Waals surface area contributed by atoms with E-state index in [4.69, 9.17) is 0 Å². The summed E-state index contributed by atoms with van der Waals surface area (Å²) in [6.45, 7) is 0. The van der Waals surface area contributed by atoms with Crippen LogP contribution in [0.5, 0.6) is 0 Å². The molecular weight excluding hydrogens is 567 g/mol. The van der Waals surface area contributed by atoms with Crippen LogP contribution in [-0.2, 0) is 5.41 Å². The molecule has 1 aromatic heterocycles. The van der Waals surface area contributed by atoms with Crippen molar-refractivity contribution in [2.45, 2.75) is 37.5 Å². The molecule has 4 saturated carbocycles. The highest BCUT2D eigenvalue weighted by molar-refractivity contribution is 6.10. The molecule has 1 heteroatoms. The summed E-state index contributed by atoms with van der Waals surface area (Å²) in [5.41, 5.74) is 15.3. The van der Waals surface area contributed by atoms with Gasteiger partial charge in [0.25, 0.3) is 0 Å². The van der Waals surface area contributed by atoms with Crippen LogP contribution in [0.2, 0.25) is 0 Å². The van der Waals surface area contributed by atoms with Crippen molar-refractivity contribution >= 4 is 21.8 Å². The van der Waals surface area contributed by atoms with Crippen molar-refractivity contribution in [3.8, 4) is 39.1 Å². The van der Waals surface area contributed by atoms with E-state index in [1.54, 1.807) is 11.1 Å². The molecule has 0 aliphatic heterocycles. The maximum atomic E-state index is 2.63. The van der Waals surface area contributed by atoms with Crippen LogP contribution < -0.4 is 0 Å². The average Bonchev–Trinajstić information content (AvgIpc) is 3.61. The van der Waals surface area contributed by atoms with Crippen molar-refractivity contribution in [3.63, 3.8) is 0 Å². The highest BCUT2D eigenvalue weighted by Crippen LogP contribution is 2.69. The first-order valence-electron chi connectivity index (χ1n) is 17.7. The van der Waals surface area contributed by atoms with E-state index in [1.165, 1.54) is 93.0 Å². The lowest BCUT2D eigenvalue weighted by atomic mass is 9.43. The molecule has 1 heterocycles. The normalized spacial score (nSPS) is 25.1. The van der Waals surface area contributed by atoms with Crippen LogP contribution in [0.15, 0.2) is 140 Å². The third kappa shape index (κ3) is 3.55. The number of nitrogens with zero attached hydrogens (tertiary/aromatic N) is 1. The van der Waals surface area contributed by atoms with Gasteiger partial charge < -0.3 is 4.57 Å². The number of para-hydroxylation sites is 1. The lowest BCUT2D eigenvalue weighted by Gasteiger charge is -2.61. The van der Waals surface area contributed by atoms with Crippen molar-refractivity contribution in [1.29, 1.82) is 0 Å². The molecule has 7 aromatic rings. The molecule has 0 unspecified atom stereocenters. The average molecular weight is 604 g/mol. The highest BCUT2D eigenvalue weighted by Gasteiger charge is 2.61. The van der Waals surface area contributed by atoms with Crippen molar-refractivity contribution in [1.82, 2.24) is 4.57 Å². The van der Waals surface area contributed by atoms with E-state index in [2.05, 4.69) is 144 Å². The number of aromatic nitrogens is 1. The molecule has 0 saturated heterocycles. The topological polar surface area (TPSA) is 4.93 Å². The van der Waals surface area contributed by atoms with E-state index in [-0.39, 0.29) is 5.41 Å². The number of rotatable bonds is 3. The van der Waals surface area contributed by atoms with Crippen LogP contribution in [0, 0.1) is 23.7 Å². The summed E-state index contributed by atoms with van der Waals surface area (Å²) in [5.74, 6) is 3.48. The second-order valence-corrected chi connectivity index (χ2v) is 15.0. The van der Waals surface area contributed by atoms with Gasteiger partial charge in [0.2, 0.25) is 0 Å². The molecule has 4 fully saturated rings. The summed E-state index contributed by atoms with van der Waals surface area (Å²) in [7, 11) is 0. The van der Waals surface area contributed by atoms with Gasteiger partial charge in [-0.3, -0.25) is 0 Å². The van der Waals surface area contributed by atoms with Crippen LogP contribution >= 0.6 is 0 Å². The van der Waals surface area contributed by atoms with Gasteiger partial charge in [0.15, 0.2) is 0 Å². The minimum atomic E-state index is 0.196. The monoisotopic (exact) mass is 603 g/mol. The molecule has 0 N–H and O–H groups in total. The molecular formula is C46H37N. The molecule has 0 atom stereocenters. The Labute approximate surface area is 276 Å². The quantitative estimate of drug-likeness (QED) is 0.189. The van der Waals surface area contributed by atoms with Gasteiger partial charge in [-0.15, -0.1) is 0 Å². The van der Waals surface area contributed by atoms with Gasteiger partial charge in [-0.25, -0.2) is 0 Å². The van der Waals surface area contributed by atoms with Gasteiger partial charge in [-0.2, -0.15) is 0 Å². The summed E-state index contributed by atoms with van der Waals surface area (Å²) in [6, 6.07) is 52.7. The second kappa shape index (κ2) is 9.58. The van der Waals surface area contributed by atoms with Crippen molar-refractivity contribution < 1.29 is 0 Å². The number of fused-ring (bicyclic) bond motifs is 6. The summed E-state index contributed by atoms with van der Waals surface area (Å²) in [6.07, 6.45) is 7.17. The Kier molecular flexibility index (Phi) is 5.34. The van der Waals surface area contributed by atoms with E-state index in [0.29, 0.717) is 0 Å². The van der Waals surface area contributed by atoms with Gasteiger partial charge in [-0.05, 0) is 137 Å². The zero-order valence-electron chi connectivity index (χ0n) is 26.6. The smallest absolute Gasteiger partial charge is 0.0541 e. The minimum Gasteiger partial charge on any atom is -0.309 e. The third-order valence-corrected chi connectivity index (χ3v) is 12.8. The molecule has 5 aliphatic carbocycles. The fourth-order valence-corrected chi connectivity index (χ4v) is 11.2. The first-order chi connectivity index (χ1) is 23.3. The zero-order chi connectivity index (χ0) is 30.7. The summed E-state index contributed by atoms with van der Waals surface area (Å²) in [5, 5.41) is 2.63. The molecule has 4 bridgehead atoms. The SMILES string of the molecule is c1ccc(-c2ccc(-n3c4ccccc4c4cc(-c5ccc6c(c5)C5(c7ccccc7-6)C6CC7CC(C6)CC5C7)ccc43)cc2)cc1. The Morgan fingerprint density at radius 1 is 0.426 bits per heavy atom. The maximum Gasteiger partial charge on any atom is 0.0541 e. The molecule has 0 radical (unpaired) electrons. The standard InChI is InChI=1S/C46H37N/c1-2-8-31(9-3-1)32-14-18-37(19-15-32)47-44-13-7-5-11-40(44)41-27-33(17-21-45(41)47)34-16-20-39-38-10-4-6-12-42(38)46(43(39)28-34)35-23-29-22-30(25-35)26-36(46)24-29/h1-21,27-30,35-36H,22-26H2. The largest absolute Gasteiger partial charge is 0.309 e. The van der Waals surface area contributed by atoms with Gasteiger partial charge in [0.1, 0.15) is 0 Å². The Bertz CT molecular complexity index is 2330. The summed E-state index contributed by atoms with van der Waals surface area (Å²) < 4.78 is 2.44. The fraction of sp³-hybridized carbons (Fsp3) is 0.217. The van der Waals surface area contributed by atoms with Gasteiger partial charge >= 0.3 is 0 Å². The number of benzene rings is 6. The van der Waals surface area contributed by atoms with E-state index < -0.39 is 0 Å². The zero-order valence-corrected chi connectivity index (χ0v) is 26.6. The molecule has 47 heavy (non-hydrogen) atoms. The van der Waals surface area contributed by atoms with Gasteiger partial charge in [-0.1, -0.05) is 103 Å². The second-order valence-electron chi connectivity index (χ2n) is 15.0. The van der Waals surface area contributed by atoms with Crippen LogP contribution in [0.25, 0.3) is 60.9 Å². The lowest BCUT2D eigenvalue weighted by Crippen LogP contribution is -2.55. The van der Waals surface area contributed by atoms with Crippen molar-refractivity contribution in [3.05, 3.63) is 151 Å². The van der Waals surface area contributed by atoms with Crippen LogP contribution in [0.3, 0.4) is 0 Å². The fourth-order valence-electron chi connectivity index (χ4n) is 11.2. The molecule has 5 aliphatic rings. The number of hydrogen-bond donors (Lipinski definition) is 0. The maximum absolute atomic E-state index is 2.63. The highest BCUT2D eigenvalue weighted by atomic mass is 15.0. The molecule has 6 aromatic carbocycles. The van der Waals surface area contributed by atoms with Crippen molar-refractivity contribution in [2.24, 2.45) is 23.7 Å². The molecule has 12 rings (SSSR count). The first kappa shape index (κ1) is 26.2. The van der Waals surface area contributed by atoms with Crippen LogP contribution in [-0.4, -0.2) is 4.57 Å². The Hall–Kier alpha value is -4.88. The van der Waals surface area contributed by atoms with Crippen LogP contribution in [0.1, 0.15) is 43.2 Å². The Morgan fingerprint density at radius 2 is 1.02 bits per heavy atom. The predicted molar refractivity (Wildman–Crippen MR) is 195 cm³/mol. The van der Waals surface area contributed by atoms with E-state index in [0.717, 1.165) is 23.7 Å². The van der Waals surface area contributed by atoms with Gasteiger partial charge in [0, 0.05) is 21.9 Å². The number of hydrogen-bond acceptors (Lipinski definition) is 0. The third-order valence-electron chi connectivity index (χ3n) is 12.8. The Morgan fingerprint density at radius 3 is 1.83 bits per heavy atom. The first-order valence-corrected chi connectivity index (χ1v) is 17.7. The van der Waals surface area contributed by atoms with Gasteiger partial charge in [0.05, 0.1) is 11.0 Å². The Balaban J connectivity index is 1.06. The van der Waals surface area contributed by atoms with Crippen molar-refractivity contribution in [2.75, 3.05) is 0 Å². The van der Waals surface area contributed by atoms with E-state index >= 15 is 0 Å². The van der Waals surface area contributed by atoms with E-state index in [9.17, 15) is 0 Å². The van der Waals surface area contributed by atoms with Crippen LogP contribution in [0.4, 0.5) is 0 Å². The van der Waals surface area contributed by atoms with E-state index in [1.807, 2.05) is 0 Å². The summed E-state index contributed by atoms with van der Waals surface area (Å²) >= 11 is 0. The summed E-state index contributed by atoms with van der Waals surface area (Å²) in [4.78, 5) is 0. The molecule has 226 valence electrons. The molecule has 1 spiro atoms. The molecule has 0 amide bonds. The predicted octanol–water partition coefficient (Wildman–Crippen LogP) is 11.8. The minimum absolute atomic E-state index is 0.196. The lowest BCUT2D eigenvalue weighted by molar-refractivity contribution is -0.0399.